The number of amides is 2. The van der Waals surface area contributed by atoms with Gasteiger partial charge in [0.2, 0.25) is 10.0 Å². The Morgan fingerprint density at radius 2 is 1.76 bits per heavy atom. The molecule has 186 valence electrons. The number of carbonyl (C=O) groups excluding carboxylic acids is 3. The number of anilines is 1. The lowest BCUT2D eigenvalue weighted by Gasteiger charge is -2.20. The van der Waals surface area contributed by atoms with Crippen molar-refractivity contribution in [3.8, 4) is 16.9 Å². The summed E-state index contributed by atoms with van der Waals surface area (Å²) in [6.07, 6.45) is 1.83. The lowest BCUT2D eigenvalue weighted by Crippen LogP contribution is -2.15. The molecular formula is C26H21N5O5S. The van der Waals surface area contributed by atoms with E-state index in [4.69, 9.17) is 10.9 Å². The minimum Gasteiger partial charge on any atom is -0.364 e. The van der Waals surface area contributed by atoms with Crippen molar-refractivity contribution in [3.05, 3.63) is 94.7 Å². The number of hydrogen-bond acceptors (Lipinski definition) is 6. The molecule has 10 nitrogen and oxygen atoms in total. The number of hydrogen-bond donors (Lipinski definition) is 3. The Hall–Kier alpha value is -4.61. The average molecular weight is 516 g/mol. The molecule has 1 aliphatic carbocycles. The number of primary amides is 1. The number of aryl methyl sites for hydroxylation is 1. The van der Waals surface area contributed by atoms with E-state index in [1.807, 2.05) is 6.07 Å². The molecule has 2 amide bonds. The van der Waals surface area contributed by atoms with E-state index < -0.39 is 15.9 Å². The first-order valence-electron chi connectivity index (χ1n) is 11.2. The lowest BCUT2D eigenvalue weighted by molar-refractivity contribution is 0.0991. The van der Waals surface area contributed by atoms with Gasteiger partial charge < -0.3 is 11.1 Å². The summed E-state index contributed by atoms with van der Waals surface area (Å²) < 4.78 is 24.9. The second-order valence-electron chi connectivity index (χ2n) is 8.56. The Labute approximate surface area is 212 Å². The molecule has 0 unspecified atom stereocenters. The minimum absolute atomic E-state index is 0.0588. The molecule has 5 N–H and O–H groups in total. The van der Waals surface area contributed by atoms with Crippen molar-refractivity contribution < 1.29 is 22.8 Å². The highest BCUT2D eigenvalue weighted by Crippen LogP contribution is 2.38. The third-order valence-electron chi connectivity index (χ3n) is 6.18. The van der Waals surface area contributed by atoms with Gasteiger partial charge in [-0.05, 0) is 66.9 Å². The zero-order valence-corrected chi connectivity index (χ0v) is 20.2. The summed E-state index contributed by atoms with van der Waals surface area (Å²) in [6.45, 7) is 0. The maximum absolute atomic E-state index is 12.8. The van der Waals surface area contributed by atoms with Gasteiger partial charge in [-0.25, -0.2) is 18.2 Å². The lowest BCUT2D eigenvalue weighted by atomic mass is 9.88. The second kappa shape index (κ2) is 9.12. The van der Waals surface area contributed by atoms with Crippen LogP contribution in [0.2, 0.25) is 0 Å². The van der Waals surface area contributed by atoms with Crippen molar-refractivity contribution in [3.63, 3.8) is 0 Å². The molecule has 4 aromatic rings. The van der Waals surface area contributed by atoms with Gasteiger partial charge in [-0.2, -0.15) is 5.10 Å². The quantitative estimate of drug-likeness (QED) is 0.333. The number of sulfonamides is 1. The van der Waals surface area contributed by atoms with Gasteiger partial charge in [0.05, 0.1) is 16.3 Å². The van der Waals surface area contributed by atoms with Crippen LogP contribution in [0.4, 0.5) is 5.69 Å². The Balaban J connectivity index is 1.59. The first-order valence-corrected chi connectivity index (χ1v) is 12.7. The summed E-state index contributed by atoms with van der Waals surface area (Å²) >= 11 is 0. The number of benzene rings is 3. The highest BCUT2D eigenvalue weighted by Gasteiger charge is 2.28. The fraction of sp³-hybridized carbons (Fsp3) is 0.0769. The zero-order valence-electron chi connectivity index (χ0n) is 19.3. The largest absolute Gasteiger partial charge is 0.364 e. The summed E-state index contributed by atoms with van der Waals surface area (Å²) in [7, 11) is -3.88. The second-order valence-corrected chi connectivity index (χ2v) is 10.1. The summed E-state index contributed by atoms with van der Waals surface area (Å²) in [5.41, 5.74) is 10.5. The van der Waals surface area contributed by atoms with Crippen LogP contribution in [0.25, 0.3) is 16.9 Å². The van der Waals surface area contributed by atoms with E-state index in [-0.39, 0.29) is 16.5 Å². The summed E-state index contributed by atoms with van der Waals surface area (Å²) in [5, 5.41) is 12.5. The Morgan fingerprint density at radius 1 is 1.00 bits per heavy atom. The van der Waals surface area contributed by atoms with Crippen LogP contribution in [-0.4, -0.2) is 36.3 Å². The molecule has 0 radical (unpaired) electrons. The maximum Gasteiger partial charge on any atom is 0.269 e. The van der Waals surface area contributed by atoms with Crippen molar-refractivity contribution in [2.24, 2.45) is 10.9 Å². The number of nitrogens with zero attached hydrogens (tertiary/aromatic N) is 2. The molecular weight excluding hydrogens is 494 g/mol. The topological polar surface area (TPSA) is 167 Å². The van der Waals surface area contributed by atoms with E-state index >= 15 is 0 Å². The van der Waals surface area contributed by atoms with Gasteiger partial charge >= 0.3 is 0 Å². The highest BCUT2D eigenvalue weighted by molar-refractivity contribution is 7.89. The molecule has 0 saturated carbocycles. The number of primary sulfonamides is 1. The average Bonchev–Trinajstić information content (AvgIpc) is 3.29. The van der Waals surface area contributed by atoms with Gasteiger partial charge in [-0.3, -0.25) is 14.4 Å². The van der Waals surface area contributed by atoms with Crippen molar-refractivity contribution in [1.82, 2.24) is 9.78 Å². The first kappa shape index (κ1) is 24.1. The molecule has 37 heavy (non-hydrogen) atoms. The smallest absolute Gasteiger partial charge is 0.269 e. The van der Waals surface area contributed by atoms with Crippen molar-refractivity contribution in [1.29, 1.82) is 0 Å². The number of nitrogens with two attached hydrogens (primary N) is 2. The molecule has 0 spiro atoms. The number of fused-ring (bicyclic) bond motifs is 3. The normalized spacial score (nSPS) is 12.4. The first-order chi connectivity index (χ1) is 17.7. The molecule has 3 aromatic carbocycles. The molecule has 1 heterocycles. The molecule has 5 rings (SSSR count). The van der Waals surface area contributed by atoms with E-state index in [0.29, 0.717) is 52.9 Å². The number of aromatic nitrogens is 2. The predicted molar refractivity (Wildman–Crippen MR) is 136 cm³/mol. The number of rotatable bonds is 6. The van der Waals surface area contributed by atoms with Gasteiger partial charge in [0, 0.05) is 27.9 Å². The maximum atomic E-state index is 12.8. The fourth-order valence-corrected chi connectivity index (χ4v) is 4.95. The van der Waals surface area contributed by atoms with Crippen LogP contribution in [0.15, 0.2) is 71.6 Å². The van der Waals surface area contributed by atoms with Crippen LogP contribution < -0.4 is 16.2 Å². The third kappa shape index (κ3) is 4.53. The molecule has 0 atom stereocenters. The summed E-state index contributed by atoms with van der Waals surface area (Å²) in [6, 6.07) is 17.6. The molecule has 0 bridgehead atoms. The van der Waals surface area contributed by atoms with E-state index in [2.05, 4.69) is 10.4 Å². The van der Waals surface area contributed by atoms with Crippen LogP contribution in [0.1, 0.15) is 42.3 Å². The van der Waals surface area contributed by atoms with Gasteiger partial charge in [0.25, 0.3) is 11.8 Å². The van der Waals surface area contributed by atoms with Crippen molar-refractivity contribution in [2.75, 3.05) is 5.32 Å². The fourth-order valence-electron chi connectivity index (χ4n) is 4.43. The van der Waals surface area contributed by atoms with Crippen molar-refractivity contribution in [2.45, 2.75) is 17.7 Å². The van der Waals surface area contributed by atoms with E-state index in [1.165, 1.54) is 30.3 Å². The summed E-state index contributed by atoms with van der Waals surface area (Å²) in [4.78, 5) is 36.0. The monoisotopic (exact) mass is 515 g/mol. The number of carbonyl (C=O) groups is 3. The minimum atomic E-state index is -3.88. The molecule has 1 aromatic heterocycles. The van der Waals surface area contributed by atoms with Crippen molar-refractivity contribution >= 4 is 33.8 Å². The molecule has 11 heteroatoms. The van der Waals surface area contributed by atoms with Gasteiger partial charge in [0.15, 0.2) is 5.69 Å². The van der Waals surface area contributed by atoms with Crippen LogP contribution in [-0.2, 0) is 22.9 Å². The van der Waals surface area contributed by atoms with Crippen LogP contribution >= 0.6 is 0 Å². The molecule has 1 aliphatic rings. The molecule has 0 saturated heterocycles. The predicted octanol–water partition coefficient (Wildman–Crippen LogP) is 2.45. The summed E-state index contributed by atoms with van der Waals surface area (Å²) in [5.74, 6) is -1.07. The van der Waals surface area contributed by atoms with E-state index in [0.717, 1.165) is 11.1 Å². The Kier molecular flexibility index (Phi) is 5.94. The number of nitrogens with one attached hydrogen (secondary N) is 1. The van der Waals surface area contributed by atoms with Gasteiger partial charge in [0.1, 0.15) is 6.29 Å². The van der Waals surface area contributed by atoms with E-state index in [1.54, 1.807) is 35.0 Å². The molecule has 0 fully saturated rings. The van der Waals surface area contributed by atoms with E-state index in [9.17, 15) is 22.8 Å². The van der Waals surface area contributed by atoms with Crippen LogP contribution in [0, 0.1) is 0 Å². The SMILES string of the molecule is NC(=O)c1nn(-c2ccc(S(N)(=O)=O)cc2)c2c1CCc1ccc(NC(=O)c3cccc(C=O)c3)cc1-2. The van der Waals surface area contributed by atoms with Gasteiger partial charge in [-0.1, -0.05) is 18.2 Å². The Morgan fingerprint density at radius 3 is 2.43 bits per heavy atom. The van der Waals surface area contributed by atoms with Crippen LogP contribution in [0.5, 0.6) is 0 Å². The standard InChI is InChI=1S/C26H21N5O5S/c27-25(33)23-21-11-5-16-4-6-18(29-26(34)17-3-1-2-15(12-17)14-32)13-22(16)24(21)31(30-23)19-7-9-20(10-8-19)37(28,35)36/h1-4,6-10,12-14H,5,11H2,(H2,27,33)(H,29,34)(H2,28,35,36). The van der Waals surface area contributed by atoms with Crippen LogP contribution in [0.3, 0.4) is 0 Å². The highest BCUT2D eigenvalue weighted by atomic mass is 32.2. The Bertz CT molecular complexity index is 1690. The number of aldehydes is 1. The van der Waals surface area contributed by atoms with Gasteiger partial charge in [-0.15, -0.1) is 0 Å². The molecule has 0 aliphatic heterocycles. The zero-order chi connectivity index (χ0) is 26.3. The third-order valence-corrected chi connectivity index (χ3v) is 7.11.